The molecule has 6 nitrogen and oxygen atoms in total. The van der Waals surface area contributed by atoms with Crippen molar-refractivity contribution in [2.24, 2.45) is 0 Å². The maximum absolute atomic E-state index is 12.7. The Labute approximate surface area is 348 Å². The Balaban J connectivity index is 4.53. The summed E-state index contributed by atoms with van der Waals surface area (Å²) in [7, 11) is 0. The molecule has 0 aliphatic rings. The second kappa shape index (κ2) is 44.5. The summed E-state index contributed by atoms with van der Waals surface area (Å²) in [5.74, 6) is -1.04. The van der Waals surface area contributed by atoms with Gasteiger partial charge in [0.1, 0.15) is 13.2 Å². The lowest BCUT2D eigenvalue weighted by molar-refractivity contribution is -0.167. The first-order valence-corrected chi connectivity index (χ1v) is 22.1. The van der Waals surface area contributed by atoms with Crippen molar-refractivity contribution in [3.63, 3.8) is 0 Å². The largest absolute Gasteiger partial charge is 0.462 e. The van der Waals surface area contributed by atoms with Gasteiger partial charge in [0.2, 0.25) is 0 Å². The summed E-state index contributed by atoms with van der Waals surface area (Å²) in [5, 5.41) is 0. The first kappa shape index (κ1) is 52.8. The molecule has 0 aromatic heterocycles. The molecule has 0 aromatic rings. The molecule has 0 saturated carbocycles. The number of unbranched alkanes of at least 4 members (excludes halogenated alkanes) is 12. The highest BCUT2D eigenvalue weighted by Crippen LogP contribution is 2.12. The van der Waals surface area contributed by atoms with Gasteiger partial charge < -0.3 is 14.2 Å². The van der Waals surface area contributed by atoms with Crippen molar-refractivity contribution >= 4 is 17.9 Å². The Morgan fingerprint density at radius 2 is 0.789 bits per heavy atom. The molecule has 0 N–H and O–H groups in total. The fourth-order valence-electron chi connectivity index (χ4n) is 5.39. The minimum atomic E-state index is -0.822. The molecule has 0 aromatic carbocycles. The SMILES string of the molecule is CC\C=C/C=C\C=C/C=C\C=C\C=C/C=C\CCCCCC(=O)OCC(COC(=O)CCCCCCCCCCC)OC(=O)CCC/C=C\C/C=C\C/C=C\CC. The summed E-state index contributed by atoms with van der Waals surface area (Å²) in [6, 6.07) is 0. The molecule has 0 saturated heterocycles. The smallest absolute Gasteiger partial charge is 0.306 e. The number of hydrogen-bond donors (Lipinski definition) is 0. The molecule has 0 aliphatic heterocycles. The molecule has 0 bridgehead atoms. The second-order valence-electron chi connectivity index (χ2n) is 14.0. The Kier molecular flexibility index (Phi) is 41.3. The van der Waals surface area contributed by atoms with E-state index in [9.17, 15) is 14.4 Å². The van der Waals surface area contributed by atoms with Crippen molar-refractivity contribution in [2.45, 2.75) is 168 Å². The summed E-state index contributed by atoms with van der Waals surface area (Å²) in [6.45, 7) is 6.22. The predicted molar refractivity (Wildman–Crippen MR) is 242 cm³/mol. The van der Waals surface area contributed by atoms with Crippen LogP contribution in [0, 0.1) is 0 Å². The zero-order valence-corrected chi connectivity index (χ0v) is 36.0. The third kappa shape index (κ3) is 42.8. The summed E-state index contributed by atoms with van der Waals surface area (Å²) in [5.41, 5.74) is 0. The van der Waals surface area contributed by atoms with Crippen LogP contribution in [-0.2, 0) is 28.6 Å². The van der Waals surface area contributed by atoms with Crippen LogP contribution in [0.2, 0.25) is 0 Å². The molecule has 318 valence electrons. The van der Waals surface area contributed by atoms with Crippen LogP contribution in [0.5, 0.6) is 0 Å². The average Bonchev–Trinajstić information content (AvgIpc) is 3.21. The number of allylic oxidation sites excluding steroid dienone is 20. The molecule has 0 spiro atoms. The van der Waals surface area contributed by atoms with Crippen LogP contribution in [0.3, 0.4) is 0 Å². The van der Waals surface area contributed by atoms with Gasteiger partial charge in [-0.05, 0) is 64.2 Å². The highest BCUT2D eigenvalue weighted by atomic mass is 16.6. The van der Waals surface area contributed by atoms with Gasteiger partial charge in [0.05, 0.1) is 0 Å². The average molecular weight is 787 g/mol. The fourth-order valence-corrected chi connectivity index (χ4v) is 5.39. The van der Waals surface area contributed by atoms with E-state index < -0.39 is 6.10 Å². The number of esters is 3. The lowest BCUT2D eigenvalue weighted by atomic mass is 10.1. The van der Waals surface area contributed by atoms with E-state index in [4.69, 9.17) is 14.2 Å². The normalized spacial score (nSPS) is 13.2. The van der Waals surface area contributed by atoms with Crippen LogP contribution in [0.4, 0.5) is 0 Å². The van der Waals surface area contributed by atoms with Gasteiger partial charge in [0.25, 0.3) is 0 Å². The van der Waals surface area contributed by atoms with E-state index in [0.717, 1.165) is 70.6 Å². The van der Waals surface area contributed by atoms with Gasteiger partial charge in [-0.25, -0.2) is 0 Å². The Morgan fingerprint density at radius 1 is 0.386 bits per heavy atom. The Bertz CT molecular complexity index is 1270. The minimum Gasteiger partial charge on any atom is -0.462 e. The molecule has 0 amide bonds. The first-order valence-electron chi connectivity index (χ1n) is 22.1. The third-order valence-electron chi connectivity index (χ3n) is 8.66. The van der Waals surface area contributed by atoms with Crippen LogP contribution in [-0.4, -0.2) is 37.2 Å². The maximum Gasteiger partial charge on any atom is 0.306 e. The van der Waals surface area contributed by atoms with Crippen LogP contribution < -0.4 is 0 Å². The van der Waals surface area contributed by atoms with E-state index in [1.807, 2.05) is 72.9 Å². The molecule has 0 rings (SSSR count). The fraction of sp³-hybridized carbons (Fsp3) is 0.549. The molecule has 0 aliphatic carbocycles. The van der Waals surface area contributed by atoms with Gasteiger partial charge in [-0.15, -0.1) is 0 Å². The van der Waals surface area contributed by atoms with Gasteiger partial charge in [-0.1, -0.05) is 200 Å². The van der Waals surface area contributed by atoms with Crippen LogP contribution >= 0.6 is 0 Å². The molecule has 0 heterocycles. The molecule has 1 atom stereocenters. The zero-order chi connectivity index (χ0) is 41.5. The van der Waals surface area contributed by atoms with Crippen LogP contribution in [0.25, 0.3) is 0 Å². The lowest BCUT2D eigenvalue weighted by Gasteiger charge is -2.18. The highest BCUT2D eigenvalue weighted by molar-refractivity contribution is 5.71. The van der Waals surface area contributed by atoms with E-state index in [2.05, 4.69) is 69.4 Å². The molecule has 57 heavy (non-hydrogen) atoms. The van der Waals surface area contributed by atoms with Crippen LogP contribution in [0.1, 0.15) is 162 Å². The first-order chi connectivity index (χ1) is 28.0. The summed E-state index contributed by atoms with van der Waals surface area (Å²) in [6.07, 6.45) is 60.5. The molecule has 0 fully saturated rings. The monoisotopic (exact) mass is 787 g/mol. The molecule has 1 unspecified atom stereocenters. The van der Waals surface area contributed by atoms with Crippen molar-refractivity contribution in [2.75, 3.05) is 13.2 Å². The predicted octanol–water partition coefficient (Wildman–Crippen LogP) is 14.2. The maximum atomic E-state index is 12.7. The van der Waals surface area contributed by atoms with Gasteiger partial charge in [0, 0.05) is 19.3 Å². The van der Waals surface area contributed by atoms with E-state index in [-0.39, 0.29) is 37.5 Å². The van der Waals surface area contributed by atoms with Crippen molar-refractivity contribution in [3.8, 4) is 0 Å². The number of hydrogen-bond acceptors (Lipinski definition) is 6. The second-order valence-corrected chi connectivity index (χ2v) is 14.0. The standard InChI is InChI=1S/C51H78O6/c1-4-7-10-13-16-19-21-22-23-24-25-26-27-28-30-32-35-38-41-44-50(53)56-47-48(46-55-49(52)43-40-37-34-31-18-15-12-9-6-3)57-51(54)45-42-39-36-33-29-20-17-14-11-8-5-2/h7-8,10-11,13,16-17,19-28,30,33,36,48H,4-6,9,12,14-15,18,29,31-32,34-35,37-47H2,1-3H3/b10-7-,11-8-,16-13-,20-17-,21-19-,23-22-,25-24+,27-26-,30-28-,36-33-. The minimum absolute atomic E-state index is 0.116. The molecule has 0 radical (unpaired) electrons. The van der Waals surface area contributed by atoms with Crippen molar-refractivity contribution in [1.29, 1.82) is 0 Å². The highest BCUT2D eigenvalue weighted by Gasteiger charge is 2.19. The van der Waals surface area contributed by atoms with Gasteiger partial charge in [-0.2, -0.15) is 0 Å². The molecular weight excluding hydrogens is 709 g/mol. The van der Waals surface area contributed by atoms with Crippen LogP contribution in [0.15, 0.2) is 122 Å². The van der Waals surface area contributed by atoms with Crippen molar-refractivity contribution < 1.29 is 28.6 Å². The summed E-state index contributed by atoms with van der Waals surface area (Å²) in [4.78, 5) is 37.6. The van der Waals surface area contributed by atoms with E-state index in [1.165, 1.54) is 38.5 Å². The van der Waals surface area contributed by atoms with Crippen molar-refractivity contribution in [1.82, 2.24) is 0 Å². The third-order valence-corrected chi connectivity index (χ3v) is 8.66. The number of rotatable bonds is 37. The molecular formula is C51H78O6. The number of carbonyl (C=O) groups is 3. The Hall–Kier alpha value is -4.19. The van der Waals surface area contributed by atoms with Gasteiger partial charge >= 0.3 is 17.9 Å². The zero-order valence-electron chi connectivity index (χ0n) is 36.0. The van der Waals surface area contributed by atoms with Gasteiger partial charge in [0.15, 0.2) is 6.10 Å². The lowest BCUT2D eigenvalue weighted by Crippen LogP contribution is -2.30. The quantitative estimate of drug-likeness (QED) is 0.0205. The summed E-state index contributed by atoms with van der Waals surface area (Å²) < 4.78 is 16.6. The summed E-state index contributed by atoms with van der Waals surface area (Å²) >= 11 is 0. The molecule has 6 heteroatoms. The van der Waals surface area contributed by atoms with E-state index >= 15 is 0 Å². The van der Waals surface area contributed by atoms with Crippen molar-refractivity contribution in [3.05, 3.63) is 122 Å². The van der Waals surface area contributed by atoms with E-state index in [0.29, 0.717) is 25.7 Å². The van der Waals surface area contributed by atoms with Gasteiger partial charge in [-0.3, -0.25) is 14.4 Å². The Morgan fingerprint density at radius 3 is 1.32 bits per heavy atom. The topological polar surface area (TPSA) is 78.9 Å². The number of carbonyl (C=O) groups excluding carboxylic acids is 3. The van der Waals surface area contributed by atoms with E-state index in [1.54, 1.807) is 0 Å². The number of ether oxygens (including phenoxy) is 3.